The zero-order valence-electron chi connectivity index (χ0n) is 6.21. The molecule has 1 aromatic carbocycles. The van der Waals surface area contributed by atoms with E-state index in [-0.39, 0.29) is 0 Å². The molecule has 0 saturated heterocycles. The molecular formula is C6H8N5S+. The standard InChI is InChI=1S/C6H8N5S/c7-12(8)11-6-4-2-1-3-5(6)9-10-11/h1-4H,7-8H2/q+1. The molecule has 0 aliphatic heterocycles. The van der Waals surface area contributed by atoms with Crippen molar-refractivity contribution in [3.05, 3.63) is 24.3 Å². The molecule has 2 aromatic rings. The van der Waals surface area contributed by atoms with Crippen molar-refractivity contribution in [1.29, 1.82) is 0 Å². The maximum atomic E-state index is 5.49. The molecule has 0 atom stereocenters. The number of nitrogens with zero attached hydrogens (tertiary/aromatic N) is 3. The van der Waals surface area contributed by atoms with E-state index < -0.39 is 11.5 Å². The Hall–Kier alpha value is -1.11. The summed E-state index contributed by atoms with van der Waals surface area (Å²) in [7, 11) is 0. The van der Waals surface area contributed by atoms with Crippen LogP contribution in [0.2, 0.25) is 0 Å². The largest absolute Gasteiger partial charge is 0.309 e. The van der Waals surface area contributed by atoms with Gasteiger partial charge in [0.2, 0.25) is 0 Å². The molecule has 0 fully saturated rings. The topological polar surface area (TPSA) is 82.8 Å². The van der Waals surface area contributed by atoms with Gasteiger partial charge in [-0.05, 0) is 21.4 Å². The van der Waals surface area contributed by atoms with Crippen molar-refractivity contribution in [2.45, 2.75) is 0 Å². The summed E-state index contributed by atoms with van der Waals surface area (Å²) in [6.07, 6.45) is 0. The molecule has 0 aliphatic rings. The maximum Gasteiger partial charge on any atom is 0.309 e. The first-order chi connectivity index (χ1) is 5.79. The van der Waals surface area contributed by atoms with Crippen LogP contribution in [-0.4, -0.2) is 14.4 Å². The molecule has 0 unspecified atom stereocenters. The van der Waals surface area contributed by atoms with Crippen LogP contribution in [-0.2, 0) is 11.5 Å². The summed E-state index contributed by atoms with van der Waals surface area (Å²) in [5, 5.41) is 18.7. The van der Waals surface area contributed by atoms with Crippen LogP contribution >= 0.6 is 0 Å². The average Bonchev–Trinajstić information content (AvgIpc) is 2.47. The molecule has 1 aromatic heterocycles. The van der Waals surface area contributed by atoms with E-state index >= 15 is 0 Å². The predicted octanol–water partition coefficient (Wildman–Crippen LogP) is -0.440. The van der Waals surface area contributed by atoms with E-state index in [1.165, 1.54) is 4.09 Å². The fourth-order valence-corrected chi connectivity index (χ4v) is 1.51. The van der Waals surface area contributed by atoms with Crippen LogP contribution in [0.5, 0.6) is 0 Å². The highest BCUT2D eigenvalue weighted by Crippen LogP contribution is 2.09. The number of benzene rings is 1. The Morgan fingerprint density at radius 3 is 2.75 bits per heavy atom. The summed E-state index contributed by atoms with van der Waals surface area (Å²) in [5.74, 6) is 0. The van der Waals surface area contributed by atoms with Gasteiger partial charge in [-0.1, -0.05) is 12.1 Å². The molecule has 0 saturated carbocycles. The number of para-hydroxylation sites is 1. The first kappa shape index (κ1) is 7.53. The van der Waals surface area contributed by atoms with Gasteiger partial charge in [0.15, 0.2) is 0 Å². The zero-order chi connectivity index (χ0) is 8.55. The van der Waals surface area contributed by atoms with Crippen LogP contribution in [0.25, 0.3) is 11.0 Å². The number of fused-ring (bicyclic) bond motifs is 1. The number of nitrogens with two attached hydrogens (primary N) is 2. The molecule has 4 N–H and O–H groups in total. The lowest BCUT2D eigenvalue weighted by atomic mass is 10.3. The van der Waals surface area contributed by atoms with E-state index in [1.54, 1.807) is 0 Å². The molecule has 62 valence electrons. The number of rotatable bonds is 1. The van der Waals surface area contributed by atoms with Crippen molar-refractivity contribution in [2.75, 3.05) is 0 Å². The van der Waals surface area contributed by atoms with Gasteiger partial charge in [-0.2, -0.15) is 0 Å². The normalized spacial score (nSPS) is 11.2. The van der Waals surface area contributed by atoms with Crippen molar-refractivity contribution in [3.63, 3.8) is 0 Å². The molecule has 0 radical (unpaired) electrons. The smallest absolute Gasteiger partial charge is 0.126 e. The third kappa shape index (κ3) is 1.06. The third-order valence-corrected chi connectivity index (χ3v) is 2.19. The highest BCUT2D eigenvalue weighted by molar-refractivity contribution is 7.91. The summed E-state index contributed by atoms with van der Waals surface area (Å²) in [5.41, 5.74) is 1.68. The van der Waals surface area contributed by atoms with Gasteiger partial charge in [-0.25, -0.2) is 0 Å². The summed E-state index contributed by atoms with van der Waals surface area (Å²) in [6, 6.07) is 7.54. The lowest BCUT2D eigenvalue weighted by Gasteiger charge is -1.90. The van der Waals surface area contributed by atoms with Crippen LogP contribution in [0.3, 0.4) is 0 Å². The lowest BCUT2D eigenvalue weighted by molar-refractivity contribution is 0.900. The fourth-order valence-electron chi connectivity index (χ4n) is 1.00. The van der Waals surface area contributed by atoms with Gasteiger partial charge >= 0.3 is 11.5 Å². The second-order valence-corrected chi connectivity index (χ2v) is 3.34. The predicted molar refractivity (Wildman–Crippen MR) is 48.7 cm³/mol. The molecule has 5 nitrogen and oxygen atoms in total. The molecule has 2 rings (SSSR count). The van der Waals surface area contributed by atoms with E-state index in [0.29, 0.717) is 0 Å². The van der Waals surface area contributed by atoms with Gasteiger partial charge in [-0.3, -0.25) is 0 Å². The van der Waals surface area contributed by atoms with Crippen molar-refractivity contribution in [1.82, 2.24) is 14.4 Å². The number of hydrogen-bond donors (Lipinski definition) is 2. The minimum atomic E-state index is -0.879. The van der Waals surface area contributed by atoms with Gasteiger partial charge < -0.3 is 0 Å². The molecule has 12 heavy (non-hydrogen) atoms. The molecule has 6 heteroatoms. The number of hydrogen-bond acceptors (Lipinski definition) is 4. The molecule has 0 aliphatic carbocycles. The highest BCUT2D eigenvalue weighted by Gasteiger charge is 2.15. The van der Waals surface area contributed by atoms with Gasteiger partial charge in [-0.15, -0.1) is 15.4 Å². The van der Waals surface area contributed by atoms with Crippen LogP contribution in [0.15, 0.2) is 24.3 Å². The Labute approximate surface area is 72.1 Å². The molecular weight excluding hydrogens is 174 g/mol. The van der Waals surface area contributed by atoms with Gasteiger partial charge in [0.25, 0.3) is 0 Å². The Balaban J connectivity index is 2.70. The fraction of sp³-hybridized carbons (Fsp3) is 0. The minimum Gasteiger partial charge on any atom is -0.126 e. The second kappa shape index (κ2) is 2.74. The van der Waals surface area contributed by atoms with Crippen molar-refractivity contribution >= 4 is 22.5 Å². The first-order valence-corrected chi connectivity index (χ1v) is 4.64. The van der Waals surface area contributed by atoms with Gasteiger partial charge in [0.1, 0.15) is 11.0 Å². The van der Waals surface area contributed by atoms with Gasteiger partial charge in [0.05, 0.1) is 0 Å². The van der Waals surface area contributed by atoms with E-state index in [9.17, 15) is 0 Å². The minimum absolute atomic E-state index is 0.811. The Kier molecular flexibility index (Phi) is 1.72. The van der Waals surface area contributed by atoms with E-state index in [2.05, 4.69) is 10.3 Å². The Morgan fingerprint density at radius 2 is 2.00 bits per heavy atom. The zero-order valence-corrected chi connectivity index (χ0v) is 7.03. The summed E-state index contributed by atoms with van der Waals surface area (Å²) in [4.78, 5) is 0. The lowest BCUT2D eigenvalue weighted by Crippen LogP contribution is -2.32. The maximum absolute atomic E-state index is 5.49. The highest BCUT2D eigenvalue weighted by atomic mass is 32.2. The van der Waals surface area contributed by atoms with Crippen LogP contribution in [0.1, 0.15) is 0 Å². The summed E-state index contributed by atoms with van der Waals surface area (Å²) >= 11 is -0.879. The SMILES string of the molecule is N[S+](N)n1nnc2ccccc21. The third-order valence-electron chi connectivity index (χ3n) is 1.52. The van der Waals surface area contributed by atoms with E-state index in [4.69, 9.17) is 10.3 Å². The van der Waals surface area contributed by atoms with E-state index in [0.717, 1.165) is 11.0 Å². The van der Waals surface area contributed by atoms with Crippen molar-refractivity contribution < 1.29 is 0 Å². The summed E-state index contributed by atoms with van der Waals surface area (Å²) < 4.78 is 1.51. The molecule has 1 heterocycles. The van der Waals surface area contributed by atoms with E-state index in [1.807, 2.05) is 24.3 Å². The molecule has 0 amide bonds. The van der Waals surface area contributed by atoms with Crippen molar-refractivity contribution in [3.8, 4) is 0 Å². The summed E-state index contributed by atoms with van der Waals surface area (Å²) in [6.45, 7) is 0. The Morgan fingerprint density at radius 1 is 1.25 bits per heavy atom. The first-order valence-electron chi connectivity index (χ1n) is 3.33. The van der Waals surface area contributed by atoms with Gasteiger partial charge in [0, 0.05) is 0 Å². The van der Waals surface area contributed by atoms with Crippen LogP contribution < -0.4 is 10.3 Å². The Bertz CT molecular complexity index is 395. The molecule has 0 bridgehead atoms. The number of aromatic nitrogens is 3. The van der Waals surface area contributed by atoms with Crippen LogP contribution in [0.4, 0.5) is 0 Å². The molecule has 0 spiro atoms. The quantitative estimate of drug-likeness (QED) is 0.586. The van der Waals surface area contributed by atoms with Crippen molar-refractivity contribution in [2.24, 2.45) is 10.3 Å². The van der Waals surface area contributed by atoms with Crippen LogP contribution in [0, 0.1) is 0 Å². The average molecular weight is 182 g/mol. The monoisotopic (exact) mass is 182 g/mol. The second-order valence-electron chi connectivity index (χ2n) is 2.30.